The lowest BCUT2D eigenvalue weighted by Gasteiger charge is -2.21. The quantitative estimate of drug-likeness (QED) is 0.809. The number of hydrogen-bond acceptors (Lipinski definition) is 4. The summed E-state index contributed by atoms with van der Waals surface area (Å²) in [7, 11) is 3.21. The minimum absolute atomic E-state index is 0.409. The van der Waals surface area contributed by atoms with E-state index in [9.17, 15) is 0 Å². The van der Waals surface area contributed by atoms with Gasteiger partial charge in [0.2, 0.25) is 0 Å². The third-order valence-electron chi connectivity index (χ3n) is 3.27. The summed E-state index contributed by atoms with van der Waals surface area (Å²) in [6.45, 7) is 5.77. The van der Waals surface area contributed by atoms with Gasteiger partial charge in [0.1, 0.15) is 11.5 Å². The van der Waals surface area contributed by atoms with E-state index >= 15 is 0 Å². The molecule has 0 spiro atoms. The molecule has 3 N–H and O–H groups in total. The molecule has 0 radical (unpaired) electrons. The number of benzene rings is 1. The predicted octanol–water partition coefficient (Wildman–Crippen LogP) is 3.00. The number of ether oxygens (including phenoxy) is 2. The van der Waals surface area contributed by atoms with Crippen LogP contribution in [0, 0.1) is 11.8 Å². The van der Waals surface area contributed by atoms with Gasteiger partial charge in [0.25, 0.3) is 0 Å². The minimum atomic E-state index is 0.409. The van der Waals surface area contributed by atoms with Crippen LogP contribution < -0.4 is 20.5 Å². The number of nitrogens with two attached hydrogens (primary N) is 1. The molecule has 19 heavy (non-hydrogen) atoms. The molecule has 0 aromatic heterocycles. The lowest BCUT2D eigenvalue weighted by atomic mass is 9.96. The Balaban J connectivity index is 2.87. The van der Waals surface area contributed by atoms with Gasteiger partial charge in [-0.3, -0.25) is 0 Å². The van der Waals surface area contributed by atoms with Gasteiger partial charge in [0.15, 0.2) is 0 Å². The monoisotopic (exact) mass is 286 g/mol. The molecule has 0 aliphatic heterocycles. The molecular weight excluding hydrogens is 264 g/mol. The summed E-state index contributed by atoms with van der Waals surface area (Å²) in [4.78, 5) is 0. The van der Waals surface area contributed by atoms with Crippen LogP contribution in [0.2, 0.25) is 5.02 Å². The highest BCUT2D eigenvalue weighted by Crippen LogP contribution is 2.36. The molecule has 0 heterocycles. The molecule has 1 aromatic rings. The van der Waals surface area contributed by atoms with Crippen LogP contribution in [0.5, 0.6) is 11.5 Å². The first kappa shape index (κ1) is 15.9. The van der Waals surface area contributed by atoms with Gasteiger partial charge < -0.3 is 20.5 Å². The molecule has 1 rings (SSSR count). The van der Waals surface area contributed by atoms with Gasteiger partial charge in [0.05, 0.1) is 24.9 Å². The Labute approximate surface area is 120 Å². The van der Waals surface area contributed by atoms with Crippen molar-refractivity contribution in [3.63, 3.8) is 0 Å². The Kier molecular flexibility index (Phi) is 6.25. The van der Waals surface area contributed by atoms with Crippen LogP contribution in [-0.2, 0) is 0 Å². The summed E-state index contributed by atoms with van der Waals surface area (Å²) in [5.41, 5.74) is 6.64. The lowest BCUT2D eigenvalue weighted by molar-refractivity contribution is 0.399. The van der Waals surface area contributed by atoms with Gasteiger partial charge in [-0.2, -0.15) is 0 Å². The van der Waals surface area contributed by atoms with E-state index in [2.05, 4.69) is 19.2 Å². The zero-order valence-corrected chi connectivity index (χ0v) is 12.8. The molecule has 1 atom stereocenters. The molecule has 1 aromatic carbocycles. The number of hydrogen-bond donors (Lipinski definition) is 2. The summed E-state index contributed by atoms with van der Waals surface area (Å²) in [6.07, 6.45) is 0. The zero-order chi connectivity index (χ0) is 14.4. The zero-order valence-electron chi connectivity index (χ0n) is 12.0. The van der Waals surface area contributed by atoms with Gasteiger partial charge in [-0.05, 0) is 18.4 Å². The van der Waals surface area contributed by atoms with Crippen molar-refractivity contribution in [2.45, 2.75) is 13.8 Å². The van der Waals surface area contributed by atoms with Crippen molar-refractivity contribution in [3.05, 3.63) is 17.2 Å². The SMILES string of the molecule is COc1cc(NCC(CN)C(C)C)c(OC)cc1Cl. The average molecular weight is 287 g/mol. The Bertz CT molecular complexity index is 411. The van der Waals surface area contributed by atoms with Crippen LogP contribution in [0.3, 0.4) is 0 Å². The third-order valence-corrected chi connectivity index (χ3v) is 3.57. The first-order chi connectivity index (χ1) is 9.03. The second-order valence-electron chi connectivity index (χ2n) is 4.81. The molecule has 1 unspecified atom stereocenters. The first-order valence-corrected chi connectivity index (χ1v) is 6.76. The van der Waals surface area contributed by atoms with Crippen LogP contribution in [0.4, 0.5) is 5.69 Å². The van der Waals surface area contributed by atoms with Crippen molar-refractivity contribution in [1.29, 1.82) is 0 Å². The summed E-state index contributed by atoms with van der Waals surface area (Å²) in [5, 5.41) is 3.89. The van der Waals surface area contributed by atoms with E-state index in [-0.39, 0.29) is 0 Å². The van der Waals surface area contributed by atoms with Crippen molar-refractivity contribution >= 4 is 17.3 Å². The molecule has 0 bridgehead atoms. The number of rotatable bonds is 7. The maximum atomic E-state index is 6.07. The maximum Gasteiger partial charge on any atom is 0.143 e. The molecule has 0 saturated carbocycles. The van der Waals surface area contributed by atoms with Gasteiger partial charge in [-0.1, -0.05) is 25.4 Å². The van der Waals surface area contributed by atoms with Crippen LogP contribution in [0.15, 0.2) is 12.1 Å². The lowest BCUT2D eigenvalue weighted by Crippen LogP contribution is -2.27. The van der Waals surface area contributed by atoms with Gasteiger partial charge in [-0.25, -0.2) is 0 Å². The van der Waals surface area contributed by atoms with Crippen molar-refractivity contribution in [3.8, 4) is 11.5 Å². The molecule has 0 aliphatic carbocycles. The van der Waals surface area contributed by atoms with Crippen LogP contribution in [-0.4, -0.2) is 27.3 Å². The van der Waals surface area contributed by atoms with E-state index in [0.717, 1.165) is 12.2 Å². The van der Waals surface area contributed by atoms with Crippen molar-refractivity contribution in [1.82, 2.24) is 0 Å². The fourth-order valence-electron chi connectivity index (χ4n) is 1.83. The molecule has 0 aliphatic rings. The standard InChI is InChI=1S/C14H23ClN2O2/c1-9(2)10(7-16)8-17-12-6-13(18-3)11(15)5-14(12)19-4/h5-6,9-10,17H,7-8,16H2,1-4H3. The first-order valence-electron chi connectivity index (χ1n) is 6.38. The average Bonchev–Trinajstić information content (AvgIpc) is 2.39. The van der Waals surface area contributed by atoms with E-state index in [1.807, 2.05) is 6.07 Å². The van der Waals surface area contributed by atoms with Gasteiger partial charge in [-0.15, -0.1) is 0 Å². The molecule has 0 amide bonds. The van der Waals surface area contributed by atoms with Gasteiger partial charge in [0, 0.05) is 18.7 Å². The van der Waals surface area contributed by atoms with Crippen LogP contribution >= 0.6 is 11.6 Å². The third kappa shape index (κ3) is 4.18. The second-order valence-corrected chi connectivity index (χ2v) is 5.21. The number of nitrogens with one attached hydrogen (secondary N) is 1. The summed E-state index contributed by atoms with van der Waals surface area (Å²) >= 11 is 6.07. The Morgan fingerprint density at radius 3 is 2.32 bits per heavy atom. The minimum Gasteiger partial charge on any atom is -0.495 e. The number of halogens is 1. The maximum absolute atomic E-state index is 6.07. The predicted molar refractivity (Wildman–Crippen MR) is 80.4 cm³/mol. The fraction of sp³-hybridized carbons (Fsp3) is 0.571. The topological polar surface area (TPSA) is 56.5 Å². The molecule has 5 heteroatoms. The van der Waals surface area contributed by atoms with E-state index in [4.69, 9.17) is 26.8 Å². The summed E-state index contributed by atoms with van der Waals surface area (Å²) in [6, 6.07) is 3.59. The van der Waals surface area contributed by atoms with Crippen LogP contribution in [0.25, 0.3) is 0 Å². The van der Waals surface area contributed by atoms with Crippen molar-refractivity contribution < 1.29 is 9.47 Å². The molecule has 4 nitrogen and oxygen atoms in total. The van der Waals surface area contributed by atoms with Crippen molar-refractivity contribution in [2.75, 3.05) is 32.6 Å². The highest BCUT2D eigenvalue weighted by atomic mass is 35.5. The van der Waals surface area contributed by atoms with E-state index in [1.165, 1.54) is 0 Å². The number of anilines is 1. The molecule has 0 fully saturated rings. The molecule has 0 saturated heterocycles. The van der Waals surface area contributed by atoms with E-state index in [0.29, 0.717) is 34.9 Å². The summed E-state index contributed by atoms with van der Waals surface area (Å²) in [5.74, 6) is 2.26. The molecule has 108 valence electrons. The summed E-state index contributed by atoms with van der Waals surface area (Å²) < 4.78 is 10.5. The normalized spacial score (nSPS) is 12.4. The smallest absolute Gasteiger partial charge is 0.143 e. The van der Waals surface area contributed by atoms with E-state index in [1.54, 1.807) is 20.3 Å². The highest BCUT2D eigenvalue weighted by molar-refractivity contribution is 6.32. The van der Waals surface area contributed by atoms with Crippen LogP contribution in [0.1, 0.15) is 13.8 Å². The Morgan fingerprint density at radius 1 is 1.21 bits per heavy atom. The van der Waals surface area contributed by atoms with E-state index < -0.39 is 0 Å². The fourth-order valence-corrected chi connectivity index (χ4v) is 2.06. The number of methoxy groups -OCH3 is 2. The largest absolute Gasteiger partial charge is 0.495 e. The highest BCUT2D eigenvalue weighted by Gasteiger charge is 2.14. The Morgan fingerprint density at radius 2 is 1.84 bits per heavy atom. The second kappa shape index (κ2) is 7.46. The molecular formula is C14H23ClN2O2. The van der Waals surface area contributed by atoms with Gasteiger partial charge >= 0.3 is 0 Å². The van der Waals surface area contributed by atoms with Crippen molar-refractivity contribution in [2.24, 2.45) is 17.6 Å². The Hall–Kier alpha value is -1.13.